The van der Waals surface area contributed by atoms with Crippen LogP contribution in [-0.4, -0.2) is 0 Å². The molecule has 1 aromatic carbocycles. The van der Waals surface area contributed by atoms with Gasteiger partial charge in [-0.1, -0.05) is 44.5 Å². The van der Waals surface area contributed by atoms with E-state index < -0.39 is 0 Å². The van der Waals surface area contributed by atoms with Crippen LogP contribution in [0, 0.1) is 0 Å². The Morgan fingerprint density at radius 3 is 2.81 bits per heavy atom. The van der Waals surface area contributed by atoms with Gasteiger partial charge in [0.1, 0.15) is 0 Å². The van der Waals surface area contributed by atoms with Crippen LogP contribution in [0.15, 0.2) is 24.3 Å². The molecule has 0 saturated heterocycles. The molecule has 0 spiro atoms. The first kappa shape index (κ1) is 11.4. The zero-order valence-electron chi connectivity index (χ0n) is 10.6. The van der Waals surface area contributed by atoms with Gasteiger partial charge in [0, 0.05) is 0 Å². The maximum Gasteiger partial charge on any atom is -0.0195 e. The quantitative estimate of drug-likeness (QED) is 0.680. The summed E-state index contributed by atoms with van der Waals surface area (Å²) < 4.78 is 0. The van der Waals surface area contributed by atoms with Crippen molar-refractivity contribution < 1.29 is 0 Å². The van der Waals surface area contributed by atoms with E-state index in [9.17, 15) is 0 Å². The summed E-state index contributed by atoms with van der Waals surface area (Å²) in [5.74, 6) is 0. The van der Waals surface area contributed by atoms with Crippen LogP contribution in [0.2, 0.25) is 0 Å². The van der Waals surface area contributed by atoms with Gasteiger partial charge in [-0.25, -0.2) is 0 Å². The summed E-state index contributed by atoms with van der Waals surface area (Å²) in [4.78, 5) is 0. The molecule has 0 amide bonds. The summed E-state index contributed by atoms with van der Waals surface area (Å²) in [6.45, 7) is 4.48. The Morgan fingerprint density at radius 1 is 1.19 bits per heavy atom. The summed E-state index contributed by atoms with van der Waals surface area (Å²) >= 11 is 0. The largest absolute Gasteiger partial charge is 0.0810 e. The molecular weight excluding hydrogens is 192 g/mol. The maximum absolute atomic E-state index is 2.43. The van der Waals surface area contributed by atoms with Crippen molar-refractivity contribution in [3.8, 4) is 0 Å². The van der Waals surface area contributed by atoms with Gasteiger partial charge in [0.2, 0.25) is 0 Å². The molecule has 0 heteroatoms. The van der Waals surface area contributed by atoms with Crippen molar-refractivity contribution >= 4 is 5.57 Å². The SMILES string of the molecule is CC/C=C1/CCCc2cc(CCC)ccc21. The average molecular weight is 214 g/mol. The topological polar surface area (TPSA) is 0 Å². The number of aryl methyl sites for hydroxylation is 2. The van der Waals surface area contributed by atoms with E-state index >= 15 is 0 Å². The second kappa shape index (κ2) is 5.34. The molecular formula is C16H22. The van der Waals surface area contributed by atoms with Crippen LogP contribution < -0.4 is 0 Å². The van der Waals surface area contributed by atoms with Crippen molar-refractivity contribution in [3.63, 3.8) is 0 Å². The highest BCUT2D eigenvalue weighted by Gasteiger charge is 2.13. The fraction of sp³-hybridized carbons (Fsp3) is 0.500. The standard InChI is InChI=1S/C16H22/c1-3-6-13-10-11-16-14(7-4-2)8-5-9-15(16)12-13/h7,10-12H,3-6,8-9H2,1-2H3/b14-7-. The molecule has 1 aliphatic carbocycles. The van der Waals surface area contributed by atoms with Crippen molar-refractivity contribution in [1.29, 1.82) is 0 Å². The molecule has 16 heavy (non-hydrogen) atoms. The van der Waals surface area contributed by atoms with Gasteiger partial charge in [-0.2, -0.15) is 0 Å². The van der Waals surface area contributed by atoms with E-state index in [0.29, 0.717) is 0 Å². The van der Waals surface area contributed by atoms with Gasteiger partial charge >= 0.3 is 0 Å². The summed E-state index contributed by atoms with van der Waals surface area (Å²) in [5.41, 5.74) is 6.19. The van der Waals surface area contributed by atoms with E-state index in [1.54, 1.807) is 11.1 Å². The first-order valence-electron chi connectivity index (χ1n) is 6.66. The predicted molar refractivity (Wildman–Crippen MR) is 71.6 cm³/mol. The Labute approximate surface area is 99.4 Å². The summed E-state index contributed by atoms with van der Waals surface area (Å²) in [6.07, 6.45) is 9.90. The van der Waals surface area contributed by atoms with Gasteiger partial charge in [-0.05, 0) is 54.4 Å². The minimum atomic E-state index is 1.16. The van der Waals surface area contributed by atoms with Crippen LogP contribution in [0.3, 0.4) is 0 Å². The number of hydrogen-bond donors (Lipinski definition) is 0. The zero-order chi connectivity index (χ0) is 11.4. The minimum Gasteiger partial charge on any atom is -0.0810 e. The van der Waals surface area contributed by atoms with Gasteiger partial charge < -0.3 is 0 Å². The van der Waals surface area contributed by atoms with E-state index in [2.05, 4.69) is 38.1 Å². The monoisotopic (exact) mass is 214 g/mol. The summed E-state index contributed by atoms with van der Waals surface area (Å²) in [5, 5.41) is 0. The molecule has 1 aliphatic rings. The molecule has 0 radical (unpaired) electrons. The molecule has 0 bridgehead atoms. The molecule has 0 heterocycles. The Balaban J connectivity index is 2.33. The Hall–Kier alpha value is -1.04. The van der Waals surface area contributed by atoms with E-state index in [4.69, 9.17) is 0 Å². The normalized spacial score (nSPS) is 17.5. The van der Waals surface area contributed by atoms with Gasteiger partial charge in [0.25, 0.3) is 0 Å². The van der Waals surface area contributed by atoms with E-state index in [-0.39, 0.29) is 0 Å². The fourth-order valence-electron chi connectivity index (χ4n) is 2.67. The van der Waals surface area contributed by atoms with Crippen molar-refractivity contribution in [2.24, 2.45) is 0 Å². The van der Waals surface area contributed by atoms with Crippen LogP contribution >= 0.6 is 0 Å². The second-order valence-corrected chi connectivity index (χ2v) is 4.73. The lowest BCUT2D eigenvalue weighted by Gasteiger charge is -2.20. The Bertz CT molecular complexity index is 385. The highest BCUT2D eigenvalue weighted by atomic mass is 14.2. The third-order valence-electron chi connectivity index (χ3n) is 3.40. The first-order chi connectivity index (χ1) is 7.85. The number of benzene rings is 1. The number of fused-ring (bicyclic) bond motifs is 1. The second-order valence-electron chi connectivity index (χ2n) is 4.73. The molecule has 0 saturated carbocycles. The van der Waals surface area contributed by atoms with Crippen molar-refractivity contribution in [3.05, 3.63) is 41.0 Å². The average Bonchev–Trinajstić information content (AvgIpc) is 2.30. The molecule has 86 valence electrons. The lowest BCUT2D eigenvalue weighted by Crippen LogP contribution is -2.02. The van der Waals surface area contributed by atoms with Gasteiger partial charge in [-0.15, -0.1) is 0 Å². The summed E-state index contributed by atoms with van der Waals surface area (Å²) in [6, 6.07) is 7.10. The van der Waals surface area contributed by atoms with Crippen LogP contribution in [0.1, 0.15) is 56.2 Å². The number of rotatable bonds is 3. The third-order valence-corrected chi connectivity index (χ3v) is 3.40. The molecule has 0 aromatic heterocycles. The molecule has 0 fully saturated rings. The fourth-order valence-corrected chi connectivity index (χ4v) is 2.67. The first-order valence-corrected chi connectivity index (χ1v) is 6.66. The van der Waals surface area contributed by atoms with Crippen molar-refractivity contribution in [1.82, 2.24) is 0 Å². The zero-order valence-corrected chi connectivity index (χ0v) is 10.6. The van der Waals surface area contributed by atoms with Gasteiger partial charge in [0.15, 0.2) is 0 Å². The maximum atomic E-state index is 2.43. The van der Waals surface area contributed by atoms with E-state index in [1.807, 2.05) is 0 Å². The predicted octanol–water partition coefficient (Wildman–Crippen LogP) is 4.77. The van der Waals surface area contributed by atoms with Gasteiger partial charge in [-0.3, -0.25) is 0 Å². The lowest BCUT2D eigenvalue weighted by atomic mass is 9.85. The van der Waals surface area contributed by atoms with Crippen molar-refractivity contribution in [2.75, 3.05) is 0 Å². The van der Waals surface area contributed by atoms with E-state index in [1.165, 1.54) is 43.2 Å². The molecule has 0 N–H and O–H groups in total. The van der Waals surface area contributed by atoms with E-state index in [0.717, 1.165) is 6.42 Å². The molecule has 2 rings (SSSR count). The van der Waals surface area contributed by atoms with Gasteiger partial charge in [0.05, 0.1) is 0 Å². The Morgan fingerprint density at radius 2 is 2.06 bits per heavy atom. The lowest BCUT2D eigenvalue weighted by molar-refractivity contribution is 0.814. The molecule has 0 aliphatic heterocycles. The number of hydrogen-bond acceptors (Lipinski definition) is 0. The minimum absolute atomic E-state index is 1.16. The van der Waals surface area contributed by atoms with Crippen LogP contribution in [0.25, 0.3) is 5.57 Å². The molecule has 0 atom stereocenters. The molecule has 1 aromatic rings. The Kier molecular flexibility index (Phi) is 3.82. The summed E-state index contributed by atoms with van der Waals surface area (Å²) in [7, 11) is 0. The smallest absolute Gasteiger partial charge is 0.0195 e. The number of allylic oxidation sites excluding steroid dienone is 2. The van der Waals surface area contributed by atoms with Crippen LogP contribution in [-0.2, 0) is 12.8 Å². The molecule has 0 nitrogen and oxygen atoms in total. The van der Waals surface area contributed by atoms with Crippen molar-refractivity contribution in [2.45, 2.75) is 52.4 Å². The van der Waals surface area contributed by atoms with Crippen LogP contribution in [0.5, 0.6) is 0 Å². The van der Waals surface area contributed by atoms with Crippen LogP contribution in [0.4, 0.5) is 0 Å². The molecule has 0 unspecified atom stereocenters. The highest BCUT2D eigenvalue weighted by molar-refractivity contribution is 5.70. The third kappa shape index (κ3) is 2.37. The highest BCUT2D eigenvalue weighted by Crippen LogP contribution is 2.31.